The number of hydrogen-bond acceptors (Lipinski definition) is 33. The molecule has 4 aromatic carbocycles. The van der Waals surface area contributed by atoms with Crippen molar-refractivity contribution in [1.29, 1.82) is 0 Å². The predicted octanol–water partition coefficient (Wildman–Crippen LogP) is 12.9. The summed E-state index contributed by atoms with van der Waals surface area (Å²) in [6, 6.07) is 10.7. The molecule has 43 heteroatoms. The van der Waals surface area contributed by atoms with Gasteiger partial charge in [0.2, 0.25) is 23.6 Å². The number of aliphatic hydroxyl groups excluding tert-OH is 1. The largest absolute Gasteiger partial charge is 0.504 e. The molecule has 13 rings (SSSR count). The molecule has 9 aromatic rings. The molecule has 113 heavy (non-hydrogen) atoms. The Kier molecular flexibility index (Phi) is 28.1. The van der Waals surface area contributed by atoms with E-state index in [1.807, 2.05) is 0 Å². The average molecular weight is 1880 g/mol. The number of ether oxygens (including phenoxy) is 4. The molecule has 3 saturated heterocycles. The Hall–Kier alpha value is -10.9. The van der Waals surface area contributed by atoms with Crippen LogP contribution in [0.1, 0.15) is 67.9 Å². The van der Waals surface area contributed by atoms with Gasteiger partial charge in [0.1, 0.15) is 43.1 Å². The summed E-state index contributed by atoms with van der Waals surface area (Å²) >= 11 is 16.1. The number of imide groups is 3. The van der Waals surface area contributed by atoms with Crippen LogP contribution >= 0.6 is 111 Å². The first-order valence-corrected chi connectivity index (χ1v) is 38.3. The lowest BCUT2D eigenvalue weighted by atomic mass is 10.1. The maximum atomic E-state index is 14.5. The van der Waals surface area contributed by atoms with Gasteiger partial charge in [-0.1, -0.05) is 27.7 Å². The lowest BCUT2D eigenvalue weighted by molar-refractivity contribution is -0.122. The van der Waals surface area contributed by atoms with Gasteiger partial charge < -0.3 is 67.0 Å². The smallest absolute Gasteiger partial charge is 0.293 e. The second kappa shape index (κ2) is 37.6. The Morgan fingerprint density at radius 2 is 0.973 bits per heavy atom. The van der Waals surface area contributed by atoms with Gasteiger partial charge in [0, 0.05) is 104 Å². The number of nitrogens with zero attached hydrogens (tertiary/aromatic N) is 12. The van der Waals surface area contributed by atoms with Crippen LogP contribution in [0.2, 0.25) is 0 Å². The number of aromatic nitrogens is 9. The van der Waals surface area contributed by atoms with E-state index in [9.17, 15) is 67.2 Å². The number of fused-ring (bicyclic) bond motifs is 1. The van der Waals surface area contributed by atoms with E-state index in [2.05, 4.69) is 114 Å². The molecule has 584 valence electrons. The van der Waals surface area contributed by atoms with Gasteiger partial charge in [0.15, 0.2) is 63.4 Å². The Morgan fingerprint density at radius 1 is 0.540 bits per heavy atom. The Bertz CT molecular complexity index is 5420. The number of rotatable bonds is 19. The van der Waals surface area contributed by atoms with Gasteiger partial charge in [-0.15, -0.1) is 0 Å². The van der Waals surface area contributed by atoms with E-state index in [-0.39, 0.29) is 123 Å². The number of phenolic OH excluding ortho intramolecular Hbond substituents is 4. The molecule has 4 aliphatic heterocycles. The van der Waals surface area contributed by atoms with Gasteiger partial charge in [-0.25, -0.2) is 58.0 Å². The first-order valence-electron chi connectivity index (χ1n) is 31.9. The van der Waals surface area contributed by atoms with E-state index in [0.29, 0.717) is 60.3 Å². The number of benzene rings is 4. The number of carbonyl (C=O) groups excluding carboxylic acids is 7. The molecular weight excluding hydrogens is 1830 g/mol. The third-order valence-corrected chi connectivity index (χ3v) is 22.5. The van der Waals surface area contributed by atoms with Crippen LogP contribution in [-0.4, -0.2) is 159 Å². The van der Waals surface area contributed by atoms with Crippen molar-refractivity contribution in [2.24, 2.45) is 0 Å². The van der Waals surface area contributed by atoms with Gasteiger partial charge >= 0.3 is 0 Å². The van der Waals surface area contributed by atoms with Crippen molar-refractivity contribution in [3.8, 4) is 46.0 Å². The molecule has 0 aliphatic carbocycles. The third kappa shape index (κ3) is 20.5. The van der Waals surface area contributed by atoms with Crippen molar-refractivity contribution in [2.45, 2.75) is 37.9 Å². The van der Waals surface area contributed by atoms with Crippen molar-refractivity contribution >= 4 is 198 Å². The third-order valence-electron chi connectivity index (χ3n) is 15.4. The van der Waals surface area contributed by atoms with Crippen LogP contribution in [0.4, 0.5) is 51.2 Å². The summed E-state index contributed by atoms with van der Waals surface area (Å²) in [5.41, 5.74) is 20.8. The normalized spacial score (nSPS) is 15.5. The molecule has 4 aliphatic rings. The Labute approximate surface area is 687 Å². The number of phenols is 4. The highest BCUT2D eigenvalue weighted by molar-refractivity contribution is 9.11. The summed E-state index contributed by atoms with van der Waals surface area (Å²) in [7, 11) is 4.07. The van der Waals surface area contributed by atoms with Crippen LogP contribution < -0.4 is 41.5 Å². The number of allylic oxidation sites excluding steroid dienone is 1. The van der Waals surface area contributed by atoms with Crippen LogP contribution in [0.15, 0.2) is 141 Å². The monoisotopic (exact) mass is 1880 g/mol. The van der Waals surface area contributed by atoms with Crippen molar-refractivity contribution in [1.82, 2.24) is 59.6 Å². The fraction of sp³-hybridized carbons (Fsp3) is 0.143. The van der Waals surface area contributed by atoms with E-state index >= 15 is 0 Å². The highest BCUT2D eigenvalue weighted by Gasteiger charge is 2.36. The number of nitrogens with one attached hydrogen (secondary N) is 1. The van der Waals surface area contributed by atoms with Gasteiger partial charge in [-0.2, -0.15) is 0 Å². The van der Waals surface area contributed by atoms with Gasteiger partial charge in [-0.3, -0.25) is 48.3 Å². The molecule has 6 amide bonds. The molecule has 1 atom stereocenters. The second-order valence-corrected chi connectivity index (χ2v) is 30.4. The van der Waals surface area contributed by atoms with Crippen molar-refractivity contribution in [3.63, 3.8) is 0 Å². The molecular formula is C70H55Br4F3N16O16S4. The average Bonchev–Trinajstić information content (AvgIpc) is 1.78. The van der Waals surface area contributed by atoms with E-state index in [1.165, 1.54) is 113 Å². The molecule has 0 radical (unpaired) electrons. The van der Waals surface area contributed by atoms with Gasteiger partial charge in [-0.05, 0) is 179 Å². The van der Waals surface area contributed by atoms with Crippen LogP contribution in [-0.2, 0) is 34.2 Å². The number of aromatic hydroxyl groups is 4. The zero-order chi connectivity index (χ0) is 81.8. The molecule has 1 unspecified atom stereocenters. The van der Waals surface area contributed by atoms with E-state index in [0.717, 1.165) is 50.0 Å². The summed E-state index contributed by atoms with van der Waals surface area (Å²) in [6.07, 6.45) is 18.5. The minimum atomic E-state index is -0.966. The number of likely N-dealkylation sites (N-methyl/N-ethyl adjacent to an activating group) is 3. The molecule has 3 fully saturated rings. The van der Waals surface area contributed by atoms with Crippen molar-refractivity contribution in [2.75, 3.05) is 56.8 Å². The zero-order valence-corrected chi connectivity index (χ0v) is 67.9. The first kappa shape index (κ1) is 84.5. The molecule has 5 aromatic heterocycles. The summed E-state index contributed by atoms with van der Waals surface area (Å²) in [5.74, 6) is -5.97. The topological polar surface area (TPSA) is 473 Å². The number of Topliss-reactive ketones (excluding diaryl/α,β-unsaturated/α-hetero) is 1. The number of carbonyl (C=O) groups is 7. The van der Waals surface area contributed by atoms with E-state index < -0.39 is 74.2 Å². The summed E-state index contributed by atoms with van der Waals surface area (Å²) in [6.45, 7) is 2.02. The number of anilines is 4. The Balaban J connectivity index is 0.000000160. The number of pyridine rings is 1. The predicted molar refractivity (Wildman–Crippen MR) is 426 cm³/mol. The Morgan fingerprint density at radius 3 is 1.43 bits per heavy atom. The molecule has 9 heterocycles. The molecule has 32 nitrogen and oxygen atoms in total. The van der Waals surface area contributed by atoms with Crippen LogP contribution in [0, 0.1) is 17.5 Å². The van der Waals surface area contributed by atoms with Crippen molar-refractivity contribution < 1.29 is 91.2 Å². The van der Waals surface area contributed by atoms with Crippen molar-refractivity contribution in [3.05, 3.63) is 203 Å². The number of nitrogens with two attached hydrogens (primary N) is 3. The van der Waals surface area contributed by atoms with E-state index in [4.69, 9.17) is 41.3 Å². The van der Waals surface area contributed by atoms with Crippen LogP contribution in [0.5, 0.6) is 46.0 Å². The highest BCUT2D eigenvalue weighted by Crippen LogP contribution is 2.46. The fourth-order valence-corrected chi connectivity index (χ4v) is 14.5. The molecule has 0 spiro atoms. The zero-order valence-electron chi connectivity index (χ0n) is 58.3. The maximum absolute atomic E-state index is 14.5. The number of aliphatic hydroxyl groups is 1. The lowest BCUT2D eigenvalue weighted by Gasteiger charge is -2.17. The van der Waals surface area contributed by atoms with Crippen LogP contribution in [0.25, 0.3) is 24.3 Å². The summed E-state index contributed by atoms with van der Waals surface area (Å²) < 4.78 is 65.9. The number of thioether (sulfide) groups is 4. The summed E-state index contributed by atoms with van der Waals surface area (Å²) in [5, 5.41) is 51.4. The minimum Gasteiger partial charge on any atom is -0.504 e. The maximum Gasteiger partial charge on any atom is 0.293 e. The SMILES string of the molecule is CC(Oc1cc(/C=C2\SC(=O)N(C)C2=O)c(Br)c(F)c1O)c1cnc(N)nc1.CN1C(=O)S/C(=C\c2cc(OCc3cnc(N)nc3)c(O)c(F)c2Br)C1=O.CN1C(=O)S/C(=C\c2cc(OCc3cncnc3N)c(O)c(F)c2Br)C1=O.O=C1/C(=C/c2cc(OCc3cnc(NCCO)nc3)c(O)cc2Br)Sc2ncccc21. The second-order valence-electron chi connectivity index (χ2n) is 23.1. The van der Waals surface area contributed by atoms with Gasteiger partial charge in [0.25, 0.3) is 33.4 Å². The minimum absolute atomic E-state index is 0.0116. The first-order chi connectivity index (χ1) is 53.8. The standard InChI is InChI=1S/C21H17BrN4O4S.C17H14BrFN4O4S.2C16H12BrFN4O4S/c22-15-8-16(28)17(30-11-12-9-25-21(26-10-12)24-4-5-27)6-13(15)7-18-19(29)14-2-1-3-23-20(14)31-18;1-7(9-5-21-16(20)22-6-9)27-10-3-8(12(18)13(19)14(10)24)4-11-15(25)23(2)17(26)28-11;1-22-14(24)10(27-16(22)25)3-8-2-9(13(23)12(18)11(8)17)26-6-7-4-20-15(19)21-5-7;1-22-15(24)10(27-16(22)25)3-7-2-9(13(23)12(18)11(7)17)26-5-8-4-20-6-21-14(8)19/h1-3,6-10,27-28H,4-5,11H2,(H,24,25,26);3-7,24H,1-2H3,(H2,20,21,22);2-5,23H,6H2,1H3,(H2,19,20,21);2-4,6,23H,5H2,1H3,(H2,19,20,21)/b18-7-;11-4-;2*10-3-. The molecule has 0 saturated carbocycles. The number of hydrogen-bond donors (Lipinski definition) is 9. The number of amides is 6. The summed E-state index contributed by atoms with van der Waals surface area (Å²) in [4.78, 5) is 123. The fourth-order valence-electron chi connectivity index (χ4n) is 9.37. The number of nitrogen functional groups attached to an aromatic ring is 3. The highest BCUT2D eigenvalue weighted by atomic mass is 79.9. The quantitative estimate of drug-likeness (QED) is 0.0340. The lowest BCUT2D eigenvalue weighted by Crippen LogP contribution is -2.22. The van der Waals surface area contributed by atoms with E-state index in [1.54, 1.807) is 49.8 Å². The molecule has 0 bridgehead atoms. The van der Waals surface area contributed by atoms with Gasteiger partial charge in [0.05, 0.1) is 45.2 Å². The molecule has 12 N–H and O–H groups in total. The number of halogens is 7. The number of ketones is 1. The van der Waals surface area contributed by atoms with Crippen LogP contribution in [0.3, 0.4) is 0 Å².